The lowest BCUT2D eigenvalue weighted by molar-refractivity contribution is 0.0910. The van der Waals surface area contributed by atoms with Gasteiger partial charge in [-0.05, 0) is 19.4 Å². The summed E-state index contributed by atoms with van der Waals surface area (Å²) < 4.78 is 72.9. The highest BCUT2D eigenvalue weighted by molar-refractivity contribution is 6.16. The molecular formula is C20H23ClF3N5O2. The van der Waals surface area contributed by atoms with Gasteiger partial charge in [0.15, 0.2) is 6.17 Å². The molecule has 3 saturated heterocycles. The second-order valence-corrected chi connectivity index (χ2v) is 9.09. The zero-order valence-corrected chi connectivity index (χ0v) is 17.4. The van der Waals surface area contributed by atoms with Gasteiger partial charge in [-0.15, -0.1) is 0 Å². The van der Waals surface area contributed by atoms with Gasteiger partial charge in [0, 0.05) is 36.5 Å². The van der Waals surface area contributed by atoms with E-state index in [-0.39, 0.29) is 37.3 Å². The zero-order chi connectivity index (χ0) is 23.1. The van der Waals surface area contributed by atoms with E-state index in [9.17, 15) is 13.2 Å². The summed E-state index contributed by atoms with van der Waals surface area (Å²) in [5.74, 6) is -0.578. The van der Waals surface area contributed by atoms with Crippen molar-refractivity contribution in [1.82, 2.24) is 19.3 Å². The number of aromatic nitrogens is 2. The van der Waals surface area contributed by atoms with E-state index in [4.69, 9.17) is 24.0 Å². The number of hydrogen-bond acceptors (Lipinski definition) is 7. The van der Waals surface area contributed by atoms with E-state index in [0.29, 0.717) is 24.7 Å². The predicted octanol–water partition coefficient (Wildman–Crippen LogP) is 0.642. The minimum atomic E-state index is -2.33. The molecule has 0 N–H and O–H groups in total. The van der Waals surface area contributed by atoms with E-state index in [1.165, 1.54) is 0 Å². The summed E-state index contributed by atoms with van der Waals surface area (Å²) >= 11 is 5.94. The van der Waals surface area contributed by atoms with Crippen molar-refractivity contribution in [3.63, 3.8) is 0 Å². The number of morpholine rings is 1. The molecule has 5 aliphatic rings. The van der Waals surface area contributed by atoms with Crippen molar-refractivity contribution in [1.29, 1.82) is 0 Å². The normalized spacial score (nSPS) is 38.1. The van der Waals surface area contributed by atoms with Crippen molar-refractivity contribution >= 4 is 29.6 Å². The molecule has 0 spiro atoms. The molecule has 0 amide bonds. The summed E-state index contributed by atoms with van der Waals surface area (Å²) in [4.78, 5) is 12.0. The van der Waals surface area contributed by atoms with E-state index >= 15 is 0 Å². The summed E-state index contributed by atoms with van der Waals surface area (Å²) in [6, 6.07) is -0.953. The third-order valence-corrected chi connectivity index (χ3v) is 7.10. The Morgan fingerprint density at radius 1 is 1.35 bits per heavy atom. The van der Waals surface area contributed by atoms with Crippen molar-refractivity contribution in [3.05, 3.63) is 10.6 Å². The summed E-state index contributed by atoms with van der Waals surface area (Å²) in [6.45, 7) is -0.939. The Labute approximate surface area is 185 Å². The molecule has 31 heavy (non-hydrogen) atoms. The lowest BCUT2D eigenvalue weighted by Gasteiger charge is -2.31. The fourth-order valence-corrected chi connectivity index (χ4v) is 5.42. The first-order valence-corrected chi connectivity index (χ1v) is 10.9. The van der Waals surface area contributed by atoms with Crippen LogP contribution in [0.5, 0.6) is 6.01 Å². The van der Waals surface area contributed by atoms with Crippen molar-refractivity contribution in [3.8, 4) is 6.01 Å². The van der Waals surface area contributed by atoms with E-state index in [1.807, 2.05) is 0 Å². The van der Waals surface area contributed by atoms with Crippen molar-refractivity contribution in [2.45, 2.75) is 49.3 Å². The van der Waals surface area contributed by atoms with Crippen LogP contribution in [0, 0.1) is 0 Å². The standard InChI is InChI=1S/C20H23ClF3N5O2/c21-29-5-2-12-14(17(29)24)25-19(26-18(12)28-6-7-30-16-13(23)15(16)28)31-10-20-3-1-4-27(20)9-11(22)8-20/h2,11,13,15-16H,1,3-10H2/t11-,13-,15-,16+,20+/m1/s1/i10D2. The fraction of sp³-hybridized carbons (Fsp3) is 0.700. The number of ether oxygens (including phenoxy) is 2. The van der Waals surface area contributed by atoms with Crippen LogP contribution < -0.4 is 20.2 Å². The fourth-order valence-electron chi connectivity index (χ4n) is 5.27. The maximum absolute atomic E-state index is 15.0. The molecule has 1 aliphatic carbocycles. The van der Waals surface area contributed by atoms with Crippen LogP contribution in [0.15, 0.2) is 0 Å². The summed E-state index contributed by atoms with van der Waals surface area (Å²) in [5, 5.41) is 0.198. The van der Waals surface area contributed by atoms with Crippen LogP contribution in [0.4, 0.5) is 19.0 Å². The molecule has 5 heterocycles. The average molecular weight is 460 g/mol. The summed E-state index contributed by atoms with van der Waals surface area (Å²) in [6.07, 6.45) is -0.136. The first kappa shape index (κ1) is 17.7. The summed E-state index contributed by atoms with van der Waals surface area (Å²) in [5.41, 5.74) is -1.15. The molecule has 4 aliphatic heterocycles. The minimum absolute atomic E-state index is 0.00172. The zero-order valence-electron chi connectivity index (χ0n) is 18.6. The average Bonchev–Trinajstić information content (AvgIpc) is 3.09. The Morgan fingerprint density at radius 3 is 3.10 bits per heavy atom. The van der Waals surface area contributed by atoms with Gasteiger partial charge in [0.05, 0.1) is 27.5 Å². The molecule has 168 valence electrons. The van der Waals surface area contributed by atoms with Crippen molar-refractivity contribution in [2.24, 2.45) is 0 Å². The van der Waals surface area contributed by atoms with Gasteiger partial charge in [-0.1, -0.05) is 6.08 Å². The van der Waals surface area contributed by atoms with Crippen molar-refractivity contribution < 1.29 is 25.4 Å². The Kier molecular flexibility index (Phi) is 4.07. The van der Waals surface area contributed by atoms with Crippen LogP contribution in [0.25, 0.3) is 12.0 Å². The molecule has 4 fully saturated rings. The van der Waals surface area contributed by atoms with Gasteiger partial charge in [-0.3, -0.25) is 9.32 Å². The van der Waals surface area contributed by atoms with Crippen molar-refractivity contribution in [2.75, 3.05) is 44.2 Å². The number of anilines is 1. The highest BCUT2D eigenvalue weighted by Crippen LogP contribution is 2.41. The van der Waals surface area contributed by atoms with E-state index in [1.54, 1.807) is 15.9 Å². The number of alkyl halides is 2. The quantitative estimate of drug-likeness (QED) is 0.484. The largest absolute Gasteiger partial charge is 0.461 e. The van der Waals surface area contributed by atoms with Gasteiger partial charge in [0.2, 0.25) is 5.95 Å². The predicted molar refractivity (Wildman–Crippen MR) is 107 cm³/mol. The lowest BCUT2D eigenvalue weighted by atomic mass is 9.95. The van der Waals surface area contributed by atoms with Crippen LogP contribution in [0.2, 0.25) is 0 Å². The highest BCUT2D eigenvalue weighted by atomic mass is 35.5. The third kappa shape index (κ3) is 3.09. The number of halogens is 4. The molecular weight excluding hydrogens is 435 g/mol. The maximum atomic E-state index is 15.0. The number of nitrogens with zero attached hydrogens (tertiary/aromatic N) is 5. The van der Waals surface area contributed by atoms with Crippen LogP contribution in [-0.2, 0) is 4.74 Å². The molecule has 0 aromatic carbocycles. The lowest BCUT2D eigenvalue weighted by Crippen LogP contribution is -2.47. The molecule has 1 saturated carbocycles. The van der Waals surface area contributed by atoms with E-state index in [2.05, 4.69) is 9.97 Å². The topological polar surface area (TPSA) is 54.0 Å². The van der Waals surface area contributed by atoms with Crippen LogP contribution in [0.1, 0.15) is 22.0 Å². The van der Waals surface area contributed by atoms with Gasteiger partial charge >= 0.3 is 6.01 Å². The molecule has 0 radical (unpaired) electrons. The van der Waals surface area contributed by atoms with Crippen LogP contribution >= 0.6 is 11.8 Å². The molecule has 7 nitrogen and oxygen atoms in total. The van der Waals surface area contributed by atoms with Gasteiger partial charge in [-0.2, -0.15) is 14.4 Å². The molecule has 11 heteroatoms. The number of hydrogen-bond donors (Lipinski definition) is 0. The van der Waals surface area contributed by atoms with Gasteiger partial charge in [0.1, 0.15) is 30.0 Å². The van der Waals surface area contributed by atoms with Gasteiger partial charge < -0.3 is 14.4 Å². The molecule has 1 aromatic heterocycles. The summed E-state index contributed by atoms with van der Waals surface area (Å²) in [7, 11) is 0. The van der Waals surface area contributed by atoms with E-state index in [0.717, 1.165) is 10.8 Å². The Morgan fingerprint density at radius 2 is 2.23 bits per heavy atom. The molecule has 0 bridgehead atoms. The van der Waals surface area contributed by atoms with Gasteiger partial charge in [-0.25, -0.2) is 8.78 Å². The number of fused-ring (bicyclic) bond motifs is 3. The van der Waals surface area contributed by atoms with Crippen LogP contribution in [0.3, 0.4) is 0 Å². The second kappa shape index (κ2) is 7.11. The second-order valence-electron chi connectivity index (χ2n) is 8.68. The van der Waals surface area contributed by atoms with Crippen LogP contribution in [-0.4, -0.2) is 88.7 Å². The molecule has 0 unspecified atom stereocenters. The first-order chi connectivity index (χ1) is 15.7. The smallest absolute Gasteiger partial charge is 0.319 e. The number of rotatable bonds is 4. The highest BCUT2D eigenvalue weighted by Gasteiger charge is 2.59. The SMILES string of the molecule is [2H]C([2H])(Oc1nc(N2CCO[C@H]3[C@H](F)[C@H]32)c2c(n1)=C(F)N(Cl)CC=2)[C@@]12CCCN1C[C@H](F)C2. The third-order valence-electron chi connectivity index (χ3n) is 6.81. The molecule has 5 atom stereocenters. The molecule has 6 rings (SSSR count). The Balaban J connectivity index is 1.43. The Hall–Kier alpha value is -1.78. The maximum Gasteiger partial charge on any atom is 0.319 e. The first-order valence-electron chi connectivity index (χ1n) is 11.5. The minimum Gasteiger partial charge on any atom is -0.461 e. The van der Waals surface area contributed by atoms with Gasteiger partial charge in [0.25, 0.3) is 0 Å². The monoisotopic (exact) mass is 459 g/mol. The van der Waals surface area contributed by atoms with E-state index < -0.39 is 48.5 Å². The Bertz CT molecular complexity index is 1120. The molecule has 1 aromatic rings.